The van der Waals surface area contributed by atoms with Crippen LogP contribution in [0.1, 0.15) is 37.3 Å². The molecule has 0 radical (unpaired) electrons. The fourth-order valence-corrected chi connectivity index (χ4v) is 2.62. The number of nitrogens with one attached hydrogen (secondary N) is 1. The summed E-state index contributed by atoms with van der Waals surface area (Å²) in [5, 5.41) is 3.35. The molecule has 0 bridgehead atoms. The second-order valence-electron chi connectivity index (χ2n) is 5.44. The Morgan fingerprint density at radius 3 is 2.89 bits per heavy atom. The van der Waals surface area contributed by atoms with Crippen molar-refractivity contribution < 1.29 is 4.79 Å². The Kier molecular flexibility index (Phi) is 4.59. The number of anilines is 1. The number of hydrogen-bond donors (Lipinski definition) is 1. The van der Waals surface area contributed by atoms with Crippen LogP contribution in [0, 0.1) is 13.8 Å². The fourth-order valence-electron chi connectivity index (χ4n) is 2.62. The molecule has 2 rings (SSSR count). The first-order valence-corrected chi connectivity index (χ1v) is 7.23. The summed E-state index contributed by atoms with van der Waals surface area (Å²) in [6.07, 6.45) is 3.56. The molecular weight excluding hydrogens is 236 g/mol. The molecule has 0 aliphatic carbocycles. The SMILES string of the molecule is CCCC[C@H]1CN(c2cccc(C)c2C)C(=O)CN1. The van der Waals surface area contributed by atoms with Crippen molar-refractivity contribution in [1.29, 1.82) is 0 Å². The second-order valence-corrected chi connectivity index (χ2v) is 5.44. The number of benzene rings is 1. The Hall–Kier alpha value is -1.35. The zero-order valence-electron chi connectivity index (χ0n) is 12.2. The number of nitrogens with zero attached hydrogens (tertiary/aromatic N) is 1. The van der Waals surface area contributed by atoms with Gasteiger partial charge in [0, 0.05) is 18.3 Å². The predicted octanol–water partition coefficient (Wildman–Crippen LogP) is 2.80. The maximum Gasteiger partial charge on any atom is 0.241 e. The van der Waals surface area contributed by atoms with Crippen LogP contribution in [0.4, 0.5) is 5.69 Å². The summed E-state index contributed by atoms with van der Waals surface area (Å²) in [6, 6.07) is 6.62. The molecule has 1 heterocycles. The van der Waals surface area contributed by atoms with Gasteiger partial charge in [-0.3, -0.25) is 4.79 Å². The summed E-state index contributed by atoms with van der Waals surface area (Å²) >= 11 is 0. The molecule has 1 fully saturated rings. The van der Waals surface area contributed by atoms with Crippen LogP contribution in [0.2, 0.25) is 0 Å². The molecule has 19 heavy (non-hydrogen) atoms. The van der Waals surface area contributed by atoms with Crippen molar-refractivity contribution >= 4 is 11.6 Å². The Balaban J connectivity index is 2.16. The molecular formula is C16H24N2O. The number of carbonyl (C=O) groups is 1. The summed E-state index contributed by atoms with van der Waals surface area (Å²) < 4.78 is 0. The molecule has 3 nitrogen and oxygen atoms in total. The summed E-state index contributed by atoms with van der Waals surface area (Å²) in [7, 11) is 0. The third-order valence-electron chi connectivity index (χ3n) is 4.02. The van der Waals surface area contributed by atoms with E-state index in [4.69, 9.17) is 0 Å². The van der Waals surface area contributed by atoms with Gasteiger partial charge in [0.05, 0.1) is 6.54 Å². The zero-order chi connectivity index (χ0) is 13.8. The van der Waals surface area contributed by atoms with Gasteiger partial charge < -0.3 is 10.2 Å². The first-order chi connectivity index (χ1) is 9.13. The highest BCUT2D eigenvalue weighted by molar-refractivity contribution is 5.96. The Morgan fingerprint density at radius 1 is 1.37 bits per heavy atom. The lowest BCUT2D eigenvalue weighted by Crippen LogP contribution is -2.54. The van der Waals surface area contributed by atoms with Gasteiger partial charge in [-0.1, -0.05) is 31.9 Å². The molecule has 1 aromatic rings. The van der Waals surface area contributed by atoms with Gasteiger partial charge in [0.15, 0.2) is 0 Å². The van der Waals surface area contributed by atoms with E-state index in [1.807, 2.05) is 11.0 Å². The highest BCUT2D eigenvalue weighted by Crippen LogP contribution is 2.24. The van der Waals surface area contributed by atoms with E-state index in [0.717, 1.165) is 18.7 Å². The summed E-state index contributed by atoms with van der Waals surface area (Å²) in [6.45, 7) is 7.66. The number of carbonyl (C=O) groups excluding carboxylic acids is 1. The zero-order valence-corrected chi connectivity index (χ0v) is 12.2. The Labute approximate surface area is 116 Å². The lowest BCUT2D eigenvalue weighted by Gasteiger charge is -2.34. The molecule has 0 unspecified atom stereocenters. The minimum atomic E-state index is 0.182. The van der Waals surface area contributed by atoms with Crippen LogP contribution in [0.3, 0.4) is 0 Å². The van der Waals surface area contributed by atoms with E-state index < -0.39 is 0 Å². The number of aryl methyl sites for hydroxylation is 1. The van der Waals surface area contributed by atoms with Crippen molar-refractivity contribution in [2.24, 2.45) is 0 Å². The molecule has 104 valence electrons. The lowest BCUT2D eigenvalue weighted by atomic mass is 10.0. The molecule has 0 saturated carbocycles. The van der Waals surface area contributed by atoms with E-state index in [0.29, 0.717) is 12.6 Å². The Bertz CT molecular complexity index is 456. The number of piperazine rings is 1. The van der Waals surface area contributed by atoms with Crippen LogP contribution in [0.15, 0.2) is 18.2 Å². The second kappa shape index (κ2) is 6.20. The normalized spacial score (nSPS) is 19.8. The molecule has 1 saturated heterocycles. The van der Waals surface area contributed by atoms with Gasteiger partial charge in [-0.2, -0.15) is 0 Å². The number of amides is 1. The van der Waals surface area contributed by atoms with E-state index >= 15 is 0 Å². The number of unbranched alkanes of at least 4 members (excludes halogenated alkanes) is 1. The molecule has 1 atom stereocenters. The van der Waals surface area contributed by atoms with Crippen molar-refractivity contribution in [2.75, 3.05) is 18.0 Å². The van der Waals surface area contributed by atoms with Gasteiger partial charge in [-0.15, -0.1) is 0 Å². The van der Waals surface area contributed by atoms with Gasteiger partial charge in [-0.25, -0.2) is 0 Å². The van der Waals surface area contributed by atoms with Crippen LogP contribution >= 0.6 is 0 Å². The molecule has 1 amide bonds. The molecule has 1 aliphatic rings. The van der Waals surface area contributed by atoms with Gasteiger partial charge in [0.1, 0.15) is 0 Å². The van der Waals surface area contributed by atoms with E-state index in [-0.39, 0.29) is 5.91 Å². The third kappa shape index (κ3) is 3.16. The predicted molar refractivity (Wildman–Crippen MR) is 79.6 cm³/mol. The molecule has 0 spiro atoms. The van der Waals surface area contributed by atoms with E-state index in [9.17, 15) is 4.79 Å². The lowest BCUT2D eigenvalue weighted by molar-refractivity contribution is -0.119. The summed E-state index contributed by atoms with van der Waals surface area (Å²) in [5.74, 6) is 0.182. The largest absolute Gasteiger partial charge is 0.309 e. The minimum Gasteiger partial charge on any atom is -0.309 e. The summed E-state index contributed by atoms with van der Waals surface area (Å²) in [4.78, 5) is 14.1. The van der Waals surface area contributed by atoms with Crippen molar-refractivity contribution in [2.45, 2.75) is 46.1 Å². The van der Waals surface area contributed by atoms with Crippen LogP contribution in [-0.4, -0.2) is 25.0 Å². The fraction of sp³-hybridized carbons (Fsp3) is 0.562. The standard InChI is InChI=1S/C16H24N2O/c1-4-5-8-14-11-18(16(19)10-17-14)15-9-6-7-12(2)13(15)3/h6-7,9,14,17H,4-5,8,10-11H2,1-3H3/t14-/m0/s1. The maximum absolute atomic E-state index is 12.1. The maximum atomic E-state index is 12.1. The van der Waals surface area contributed by atoms with Crippen molar-refractivity contribution in [1.82, 2.24) is 5.32 Å². The molecule has 1 N–H and O–H groups in total. The smallest absolute Gasteiger partial charge is 0.241 e. The van der Waals surface area contributed by atoms with Gasteiger partial charge >= 0.3 is 0 Å². The minimum absolute atomic E-state index is 0.182. The molecule has 1 aromatic carbocycles. The van der Waals surface area contributed by atoms with E-state index in [1.54, 1.807) is 0 Å². The monoisotopic (exact) mass is 260 g/mol. The average molecular weight is 260 g/mol. The van der Waals surface area contributed by atoms with Gasteiger partial charge in [-0.05, 0) is 37.5 Å². The highest BCUT2D eigenvalue weighted by atomic mass is 16.2. The van der Waals surface area contributed by atoms with E-state index in [2.05, 4.69) is 38.2 Å². The highest BCUT2D eigenvalue weighted by Gasteiger charge is 2.26. The van der Waals surface area contributed by atoms with Crippen LogP contribution in [0.25, 0.3) is 0 Å². The topological polar surface area (TPSA) is 32.3 Å². The van der Waals surface area contributed by atoms with Gasteiger partial charge in [0.2, 0.25) is 5.91 Å². The van der Waals surface area contributed by atoms with Crippen LogP contribution in [-0.2, 0) is 4.79 Å². The number of rotatable bonds is 4. The molecule has 1 aliphatic heterocycles. The molecule has 3 heteroatoms. The van der Waals surface area contributed by atoms with Crippen LogP contribution in [0.5, 0.6) is 0 Å². The van der Waals surface area contributed by atoms with Crippen molar-refractivity contribution in [3.63, 3.8) is 0 Å². The molecule has 0 aromatic heterocycles. The Morgan fingerprint density at radius 2 is 2.16 bits per heavy atom. The first-order valence-electron chi connectivity index (χ1n) is 7.23. The third-order valence-corrected chi connectivity index (χ3v) is 4.02. The average Bonchev–Trinajstić information content (AvgIpc) is 2.41. The first kappa shape index (κ1) is 14.1. The quantitative estimate of drug-likeness (QED) is 0.903. The van der Waals surface area contributed by atoms with Gasteiger partial charge in [0.25, 0.3) is 0 Å². The number of hydrogen-bond acceptors (Lipinski definition) is 2. The summed E-state index contributed by atoms with van der Waals surface area (Å²) in [5.41, 5.74) is 3.54. The van der Waals surface area contributed by atoms with Crippen molar-refractivity contribution in [3.05, 3.63) is 29.3 Å². The van der Waals surface area contributed by atoms with Crippen LogP contribution < -0.4 is 10.2 Å². The van der Waals surface area contributed by atoms with E-state index in [1.165, 1.54) is 24.0 Å². The van der Waals surface area contributed by atoms with Crippen molar-refractivity contribution in [3.8, 4) is 0 Å².